The summed E-state index contributed by atoms with van der Waals surface area (Å²) in [4.78, 5) is 23.0. The van der Waals surface area contributed by atoms with E-state index in [2.05, 4.69) is 24.5 Å². The van der Waals surface area contributed by atoms with Gasteiger partial charge in [0.25, 0.3) is 0 Å². The van der Waals surface area contributed by atoms with Gasteiger partial charge in [0, 0.05) is 25.0 Å². The van der Waals surface area contributed by atoms with E-state index in [-0.39, 0.29) is 29.7 Å². The Morgan fingerprint density at radius 3 is 2.71 bits per heavy atom. The molecule has 98 valence electrons. The normalized spacial score (nSPS) is 23.4. The van der Waals surface area contributed by atoms with E-state index in [0.29, 0.717) is 19.0 Å². The Morgan fingerprint density at radius 1 is 1.65 bits per heavy atom. The maximum atomic E-state index is 12.0. The first kappa shape index (κ1) is 14.0. The maximum Gasteiger partial charge on any atom is 0.225 e. The van der Waals surface area contributed by atoms with E-state index in [9.17, 15) is 9.59 Å². The molecule has 0 aromatic rings. The standard InChI is InChI=1S/C12H23N3O2/c1-8(2)5-12(3,7-13)15-11(17)9-4-10(16)14-6-9/h8-9H,4-7,13H2,1-3H3,(H,14,16)(H,15,17). The number of rotatable bonds is 5. The first-order valence-electron chi connectivity index (χ1n) is 6.15. The van der Waals surface area contributed by atoms with Crippen molar-refractivity contribution in [2.75, 3.05) is 13.1 Å². The molecule has 17 heavy (non-hydrogen) atoms. The molecule has 4 N–H and O–H groups in total. The molecule has 2 atom stereocenters. The Labute approximate surface area is 103 Å². The summed E-state index contributed by atoms with van der Waals surface area (Å²) in [6.45, 7) is 6.99. The molecule has 1 aliphatic heterocycles. The van der Waals surface area contributed by atoms with Gasteiger partial charge in [0.05, 0.1) is 5.92 Å². The van der Waals surface area contributed by atoms with E-state index in [0.717, 1.165) is 6.42 Å². The predicted molar refractivity (Wildman–Crippen MR) is 66.2 cm³/mol. The quantitative estimate of drug-likeness (QED) is 0.633. The Bertz CT molecular complexity index is 304. The lowest BCUT2D eigenvalue weighted by molar-refractivity contribution is -0.128. The van der Waals surface area contributed by atoms with E-state index < -0.39 is 0 Å². The highest BCUT2D eigenvalue weighted by atomic mass is 16.2. The molecule has 2 amide bonds. The van der Waals surface area contributed by atoms with Gasteiger partial charge in [0.2, 0.25) is 11.8 Å². The van der Waals surface area contributed by atoms with Crippen LogP contribution in [0.2, 0.25) is 0 Å². The fraction of sp³-hybridized carbons (Fsp3) is 0.833. The van der Waals surface area contributed by atoms with Crippen molar-refractivity contribution in [3.8, 4) is 0 Å². The number of hydrogen-bond acceptors (Lipinski definition) is 3. The van der Waals surface area contributed by atoms with Crippen LogP contribution in [0, 0.1) is 11.8 Å². The smallest absolute Gasteiger partial charge is 0.225 e. The van der Waals surface area contributed by atoms with E-state index in [1.165, 1.54) is 0 Å². The van der Waals surface area contributed by atoms with Crippen LogP contribution in [0.15, 0.2) is 0 Å². The van der Waals surface area contributed by atoms with Crippen LogP contribution in [-0.4, -0.2) is 30.4 Å². The minimum Gasteiger partial charge on any atom is -0.355 e. The van der Waals surface area contributed by atoms with Gasteiger partial charge in [-0.15, -0.1) is 0 Å². The second kappa shape index (κ2) is 5.49. The van der Waals surface area contributed by atoms with Crippen LogP contribution in [0.25, 0.3) is 0 Å². The van der Waals surface area contributed by atoms with Crippen molar-refractivity contribution in [3.05, 3.63) is 0 Å². The lowest BCUT2D eigenvalue weighted by atomic mass is 9.90. The van der Waals surface area contributed by atoms with E-state index in [1.54, 1.807) is 0 Å². The first-order chi connectivity index (χ1) is 7.86. The topological polar surface area (TPSA) is 84.2 Å². The molecule has 0 aliphatic carbocycles. The van der Waals surface area contributed by atoms with Crippen molar-refractivity contribution in [1.29, 1.82) is 0 Å². The van der Waals surface area contributed by atoms with E-state index in [4.69, 9.17) is 5.73 Å². The second-order valence-corrected chi connectivity index (χ2v) is 5.56. The summed E-state index contributed by atoms with van der Waals surface area (Å²) in [5.41, 5.74) is 5.35. The number of nitrogens with one attached hydrogen (secondary N) is 2. The zero-order chi connectivity index (χ0) is 13.1. The summed E-state index contributed by atoms with van der Waals surface area (Å²) >= 11 is 0. The molecule has 5 heteroatoms. The molecule has 0 aromatic carbocycles. The molecule has 1 saturated heterocycles. The fourth-order valence-corrected chi connectivity index (χ4v) is 2.28. The van der Waals surface area contributed by atoms with Gasteiger partial charge in [0.1, 0.15) is 0 Å². The molecule has 2 unspecified atom stereocenters. The van der Waals surface area contributed by atoms with Crippen molar-refractivity contribution in [1.82, 2.24) is 10.6 Å². The lowest BCUT2D eigenvalue weighted by Gasteiger charge is -2.32. The minimum absolute atomic E-state index is 0.0524. The van der Waals surface area contributed by atoms with Gasteiger partial charge in [0.15, 0.2) is 0 Å². The highest BCUT2D eigenvalue weighted by Crippen LogP contribution is 2.17. The Balaban J connectivity index is 2.55. The summed E-state index contributed by atoms with van der Waals surface area (Å²) < 4.78 is 0. The highest BCUT2D eigenvalue weighted by molar-refractivity contribution is 5.89. The van der Waals surface area contributed by atoms with Gasteiger partial charge in [-0.1, -0.05) is 13.8 Å². The third-order valence-electron chi connectivity index (χ3n) is 3.08. The Morgan fingerprint density at radius 2 is 2.29 bits per heavy atom. The Hall–Kier alpha value is -1.10. The number of carbonyl (C=O) groups is 2. The molecule has 1 fully saturated rings. The van der Waals surface area contributed by atoms with Crippen molar-refractivity contribution in [3.63, 3.8) is 0 Å². The van der Waals surface area contributed by atoms with Crippen LogP contribution >= 0.6 is 0 Å². The molecule has 0 radical (unpaired) electrons. The molecule has 5 nitrogen and oxygen atoms in total. The fourth-order valence-electron chi connectivity index (χ4n) is 2.28. The molecule has 0 aromatic heterocycles. The molecule has 0 spiro atoms. The van der Waals surface area contributed by atoms with E-state index in [1.807, 2.05) is 6.92 Å². The number of hydrogen-bond donors (Lipinski definition) is 3. The summed E-state index contributed by atoms with van der Waals surface area (Å²) in [5.74, 6) is 0.0909. The lowest BCUT2D eigenvalue weighted by Crippen LogP contribution is -2.54. The largest absolute Gasteiger partial charge is 0.355 e. The number of carbonyl (C=O) groups excluding carboxylic acids is 2. The molecule has 1 aliphatic rings. The summed E-state index contributed by atoms with van der Waals surface area (Å²) in [6.07, 6.45) is 1.12. The van der Waals surface area contributed by atoms with Gasteiger partial charge < -0.3 is 16.4 Å². The minimum atomic E-state index is -0.378. The molecular weight excluding hydrogens is 218 g/mol. The van der Waals surface area contributed by atoms with Crippen LogP contribution < -0.4 is 16.4 Å². The van der Waals surface area contributed by atoms with Crippen LogP contribution in [-0.2, 0) is 9.59 Å². The highest BCUT2D eigenvalue weighted by Gasteiger charge is 2.33. The van der Waals surface area contributed by atoms with Gasteiger partial charge in [-0.05, 0) is 19.3 Å². The average molecular weight is 241 g/mol. The number of nitrogens with two attached hydrogens (primary N) is 1. The van der Waals surface area contributed by atoms with Crippen LogP contribution in [0.5, 0.6) is 0 Å². The molecule has 0 bridgehead atoms. The molecule has 0 saturated carbocycles. The summed E-state index contributed by atoms with van der Waals surface area (Å²) in [7, 11) is 0. The summed E-state index contributed by atoms with van der Waals surface area (Å²) in [6, 6.07) is 0. The third kappa shape index (κ3) is 4.00. The average Bonchev–Trinajstić information content (AvgIpc) is 2.63. The zero-order valence-electron chi connectivity index (χ0n) is 10.9. The van der Waals surface area contributed by atoms with Gasteiger partial charge in [-0.3, -0.25) is 9.59 Å². The van der Waals surface area contributed by atoms with Gasteiger partial charge in [-0.25, -0.2) is 0 Å². The number of amides is 2. The SMILES string of the molecule is CC(C)CC(C)(CN)NC(=O)C1CNC(=O)C1. The van der Waals surface area contributed by atoms with Gasteiger partial charge in [-0.2, -0.15) is 0 Å². The molecule has 1 rings (SSSR count). The van der Waals surface area contributed by atoms with Crippen LogP contribution in [0.4, 0.5) is 0 Å². The Kier molecular flexibility index (Phi) is 4.51. The monoisotopic (exact) mass is 241 g/mol. The predicted octanol–water partition coefficient (Wildman–Crippen LogP) is 0.00220. The zero-order valence-corrected chi connectivity index (χ0v) is 10.9. The van der Waals surface area contributed by atoms with Gasteiger partial charge >= 0.3 is 0 Å². The van der Waals surface area contributed by atoms with Crippen molar-refractivity contribution >= 4 is 11.8 Å². The van der Waals surface area contributed by atoms with Crippen LogP contribution in [0.1, 0.15) is 33.6 Å². The second-order valence-electron chi connectivity index (χ2n) is 5.56. The van der Waals surface area contributed by atoms with Crippen molar-refractivity contribution < 1.29 is 9.59 Å². The third-order valence-corrected chi connectivity index (χ3v) is 3.08. The van der Waals surface area contributed by atoms with E-state index >= 15 is 0 Å². The summed E-state index contributed by atoms with van der Waals surface area (Å²) in [5, 5.41) is 5.64. The first-order valence-corrected chi connectivity index (χ1v) is 6.15. The molecule has 1 heterocycles. The van der Waals surface area contributed by atoms with Crippen LogP contribution in [0.3, 0.4) is 0 Å². The molecular formula is C12H23N3O2. The van der Waals surface area contributed by atoms with Crippen molar-refractivity contribution in [2.45, 2.75) is 39.2 Å². The van der Waals surface area contributed by atoms with Crippen molar-refractivity contribution in [2.24, 2.45) is 17.6 Å². The maximum absolute atomic E-state index is 12.0.